The van der Waals surface area contributed by atoms with E-state index in [0.29, 0.717) is 0 Å². The van der Waals surface area contributed by atoms with Crippen LogP contribution in [0.3, 0.4) is 0 Å². The second-order valence-electron chi connectivity index (χ2n) is 4.60. The average Bonchev–Trinajstić information content (AvgIpc) is 3.10. The van der Waals surface area contributed by atoms with Gasteiger partial charge in [0.05, 0.1) is 11.7 Å². The maximum absolute atomic E-state index is 4.53. The average molecular weight is 471 g/mol. The van der Waals surface area contributed by atoms with Crippen LogP contribution in [0.1, 0.15) is 0 Å². The Labute approximate surface area is 145 Å². The lowest BCUT2D eigenvalue weighted by Gasteiger charge is -2.01. The lowest BCUT2D eigenvalue weighted by Crippen LogP contribution is -1.82. The minimum atomic E-state index is 0.966. The summed E-state index contributed by atoms with van der Waals surface area (Å²) in [6, 6.07) is 8.31. The van der Waals surface area contributed by atoms with Crippen molar-refractivity contribution in [1.29, 1.82) is 0 Å². The van der Waals surface area contributed by atoms with Crippen molar-refractivity contribution in [3.63, 3.8) is 0 Å². The molecule has 3 heterocycles. The maximum atomic E-state index is 4.53. The molecule has 4 rings (SSSR count). The second-order valence-corrected chi connectivity index (χ2v) is 7.23. The summed E-state index contributed by atoms with van der Waals surface area (Å²) < 4.78 is 3.06. The van der Waals surface area contributed by atoms with Crippen LogP contribution in [0.4, 0.5) is 0 Å². The minimum absolute atomic E-state index is 0.966. The van der Waals surface area contributed by atoms with Gasteiger partial charge in [-0.15, -0.1) is 0 Å². The number of aromatic nitrogens is 4. The molecule has 0 unspecified atom stereocenters. The fourth-order valence-electron chi connectivity index (χ4n) is 2.52. The van der Waals surface area contributed by atoms with Gasteiger partial charge in [0.15, 0.2) is 5.65 Å². The molecule has 0 saturated heterocycles. The fraction of sp³-hybridized carbons (Fsp3) is 0. The van der Waals surface area contributed by atoms with Crippen LogP contribution in [0.2, 0.25) is 0 Å². The Morgan fingerprint density at radius 3 is 2.95 bits per heavy atom. The van der Waals surface area contributed by atoms with Crippen LogP contribution >= 0.6 is 46.3 Å². The van der Waals surface area contributed by atoms with Crippen LogP contribution in [0.15, 0.2) is 47.3 Å². The van der Waals surface area contributed by atoms with Crippen molar-refractivity contribution in [2.45, 2.75) is 0 Å². The number of benzene rings is 1. The van der Waals surface area contributed by atoms with Crippen LogP contribution in [0.5, 0.6) is 0 Å². The van der Waals surface area contributed by atoms with E-state index in [0.717, 1.165) is 37.5 Å². The molecule has 1 aromatic carbocycles. The van der Waals surface area contributed by atoms with Gasteiger partial charge in [-0.2, -0.15) is 5.10 Å². The number of fused-ring (bicyclic) bond motifs is 2. The summed E-state index contributed by atoms with van der Waals surface area (Å²) >= 11 is 5.78. The second kappa shape index (κ2) is 5.29. The van der Waals surface area contributed by atoms with Gasteiger partial charge in [0, 0.05) is 63.5 Å². The quantitative estimate of drug-likeness (QED) is 0.410. The Morgan fingerprint density at radius 2 is 2.10 bits per heavy atom. The smallest absolute Gasteiger partial charge is 0.151 e. The maximum Gasteiger partial charge on any atom is 0.151 e. The largest absolute Gasteiger partial charge is 0.278 e. The fourth-order valence-corrected chi connectivity index (χ4v) is 4.11. The summed E-state index contributed by atoms with van der Waals surface area (Å²) in [6.45, 7) is 0. The van der Waals surface area contributed by atoms with Gasteiger partial charge in [-0.05, 0) is 33.6 Å². The third-order valence-corrected chi connectivity index (χ3v) is 5.56. The van der Waals surface area contributed by atoms with Gasteiger partial charge >= 0.3 is 0 Å². The van der Waals surface area contributed by atoms with Gasteiger partial charge in [0.1, 0.15) is 0 Å². The predicted octanol–water partition coefficient (Wildman–Crippen LogP) is 5.19. The van der Waals surface area contributed by atoms with Gasteiger partial charge < -0.3 is 0 Å². The molecule has 3 aromatic heterocycles. The first-order chi connectivity index (χ1) is 10.3. The van der Waals surface area contributed by atoms with E-state index in [1.807, 2.05) is 24.5 Å². The van der Waals surface area contributed by atoms with Crippen LogP contribution < -0.4 is 0 Å². The van der Waals surface area contributed by atoms with E-state index in [1.54, 1.807) is 9.12 Å². The number of nitrogens with one attached hydrogen (secondary N) is 1. The lowest BCUT2D eigenvalue weighted by molar-refractivity contribution is 1.12. The molecule has 4 aromatic rings. The molecule has 0 bridgehead atoms. The Bertz CT molecular complexity index is 962. The number of hydrogen-bond donors (Lipinski definition) is 1. The molecule has 0 atom stereocenters. The molecule has 1 N–H and O–H groups in total. The van der Waals surface area contributed by atoms with Gasteiger partial charge in [0.2, 0.25) is 0 Å². The molecule has 0 spiro atoms. The molecule has 0 fully saturated rings. The molecule has 4 nitrogen and oxygen atoms in total. The summed E-state index contributed by atoms with van der Waals surface area (Å²) in [4.78, 5) is 4.53. The molecule has 0 aliphatic carbocycles. The molecule has 0 aliphatic rings. The number of halogens is 2. The zero-order valence-electron chi connectivity index (χ0n) is 10.5. The van der Waals surface area contributed by atoms with Gasteiger partial charge in [-0.25, -0.2) is 4.98 Å². The van der Waals surface area contributed by atoms with Crippen molar-refractivity contribution >= 4 is 68.2 Å². The Kier molecular flexibility index (Phi) is 3.43. The van der Waals surface area contributed by atoms with E-state index in [-0.39, 0.29) is 0 Å². The minimum Gasteiger partial charge on any atom is -0.278 e. The van der Waals surface area contributed by atoms with E-state index in [9.17, 15) is 0 Å². The first kappa shape index (κ1) is 13.6. The predicted molar refractivity (Wildman–Crippen MR) is 99.5 cm³/mol. The summed E-state index contributed by atoms with van der Waals surface area (Å²) in [5.74, 6) is 0. The van der Waals surface area contributed by atoms with Crippen molar-refractivity contribution in [2.75, 3.05) is 0 Å². The summed E-state index contributed by atoms with van der Waals surface area (Å²) in [5, 5.41) is 9.42. The highest BCUT2D eigenvalue weighted by atomic mass is 127. The zero-order valence-corrected chi connectivity index (χ0v) is 15.1. The molecular weight excluding hydrogens is 463 g/mol. The molecule has 21 heavy (non-hydrogen) atoms. The van der Waals surface area contributed by atoms with Crippen molar-refractivity contribution in [2.24, 2.45) is 0 Å². The number of pyridine rings is 1. The van der Waals surface area contributed by atoms with Crippen LogP contribution in [-0.2, 0) is 0 Å². The Hall–Kier alpha value is -1.06. The summed E-state index contributed by atoms with van der Waals surface area (Å²) in [7, 11) is 1.61. The SMILES string of the molecule is Brc1cnc2c(c1)c(-c1cccc3[nH]ncc13)cn2SI. The van der Waals surface area contributed by atoms with Crippen LogP contribution in [-0.4, -0.2) is 19.2 Å². The summed E-state index contributed by atoms with van der Waals surface area (Å²) in [6.07, 6.45) is 5.83. The number of hydrogen-bond acceptors (Lipinski definition) is 3. The number of aromatic amines is 1. The van der Waals surface area contributed by atoms with E-state index >= 15 is 0 Å². The van der Waals surface area contributed by atoms with Crippen LogP contribution in [0, 0.1) is 0 Å². The first-order valence-electron chi connectivity index (χ1n) is 6.16. The van der Waals surface area contributed by atoms with Crippen molar-refractivity contribution in [1.82, 2.24) is 19.2 Å². The van der Waals surface area contributed by atoms with Crippen LogP contribution in [0.25, 0.3) is 33.1 Å². The molecule has 0 saturated carbocycles. The monoisotopic (exact) mass is 470 g/mol. The molecule has 104 valence electrons. The molecule has 0 aliphatic heterocycles. The topological polar surface area (TPSA) is 46.5 Å². The van der Waals surface area contributed by atoms with E-state index in [2.05, 4.69) is 74.6 Å². The number of H-pyrrole nitrogens is 1. The number of nitrogens with zero attached hydrogens (tertiary/aromatic N) is 3. The van der Waals surface area contributed by atoms with Gasteiger partial charge in [0.25, 0.3) is 0 Å². The highest BCUT2D eigenvalue weighted by Gasteiger charge is 2.14. The molecule has 0 radical (unpaired) electrons. The van der Waals surface area contributed by atoms with Crippen molar-refractivity contribution in [3.8, 4) is 11.1 Å². The normalized spacial score (nSPS) is 11.5. The standard InChI is InChI=1S/C14H8BrIN4S/c15-8-4-10-12(7-20(21-16)14(10)17-5-8)9-2-1-3-13-11(9)6-18-19-13/h1-7H,(H,18,19). The van der Waals surface area contributed by atoms with Gasteiger partial charge in [-0.1, -0.05) is 12.1 Å². The highest BCUT2D eigenvalue weighted by Crippen LogP contribution is 2.37. The Morgan fingerprint density at radius 1 is 1.19 bits per heavy atom. The van der Waals surface area contributed by atoms with E-state index in [1.165, 1.54) is 0 Å². The number of rotatable bonds is 2. The third-order valence-electron chi connectivity index (χ3n) is 3.43. The molecular formula is C14H8BrIN4S. The molecule has 7 heteroatoms. The Balaban J connectivity index is 2.10. The highest BCUT2D eigenvalue weighted by molar-refractivity contribution is 14.2. The van der Waals surface area contributed by atoms with E-state index < -0.39 is 0 Å². The third kappa shape index (κ3) is 2.18. The van der Waals surface area contributed by atoms with Crippen molar-refractivity contribution < 1.29 is 0 Å². The lowest BCUT2D eigenvalue weighted by atomic mass is 10.0. The molecule has 0 amide bonds. The van der Waals surface area contributed by atoms with Crippen molar-refractivity contribution in [3.05, 3.63) is 47.3 Å². The van der Waals surface area contributed by atoms with Gasteiger partial charge in [-0.3, -0.25) is 9.07 Å². The first-order valence-corrected chi connectivity index (χ1v) is 10.3. The zero-order chi connectivity index (χ0) is 14.4. The summed E-state index contributed by atoms with van der Waals surface area (Å²) in [5.41, 5.74) is 4.33. The van der Waals surface area contributed by atoms with E-state index in [4.69, 9.17) is 0 Å².